The van der Waals surface area contributed by atoms with Crippen molar-refractivity contribution in [3.05, 3.63) is 71.5 Å². The van der Waals surface area contributed by atoms with Gasteiger partial charge in [0.15, 0.2) is 11.5 Å². The molecule has 0 aromatic heterocycles. The number of aliphatic hydroxyl groups excluding tert-OH is 1. The summed E-state index contributed by atoms with van der Waals surface area (Å²) in [5.41, 5.74) is 1.50. The summed E-state index contributed by atoms with van der Waals surface area (Å²) in [7, 11) is 0. The van der Waals surface area contributed by atoms with Gasteiger partial charge < -0.3 is 9.84 Å². The molecular formula is C23H25NO4. The molecule has 0 saturated carbocycles. The van der Waals surface area contributed by atoms with E-state index in [1.54, 1.807) is 26.0 Å². The van der Waals surface area contributed by atoms with Crippen molar-refractivity contribution in [1.82, 2.24) is 0 Å². The third kappa shape index (κ3) is 3.65. The normalized spacial score (nSPS) is 17.0. The van der Waals surface area contributed by atoms with E-state index >= 15 is 0 Å². The van der Waals surface area contributed by atoms with Crippen molar-refractivity contribution in [3.63, 3.8) is 0 Å². The SMILES string of the molecule is CC(C)Oc1ccc(C2C(C(=O)C(C)C)=C(O)C(=O)N2c2ccccc2)cc1. The highest BCUT2D eigenvalue weighted by Gasteiger charge is 2.44. The second-order valence-electron chi connectivity index (χ2n) is 7.43. The van der Waals surface area contributed by atoms with Crippen molar-refractivity contribution < 1.29 is 19.4 Å². The molecule has 0 saturated heterocycles. The first-order chi connectivity index (χ1) is 13.3. The molecule has 5 nitrogen and oxygen atoms in total. The topological polar surface area (TPSA) is 66.8 Å². The van der Waals surface area contributed by atoms with E-state index in [1.807, 2.05) is 56.3 Å². The molecule has 0 radical (unpaired) electrons. The van der Waals surface area contributed by atoms with Gasteiger partial charge in [-0.2, -0.15) is 0 Å². The molecule has 5 heteroatoms. The molecule has 1 heterocycles. The lowest BCUT2D eigenvalue weighted by molar-refractivity contribution is -0.119. The van der Waals surface area contributed by atoms with Gasteiger partial charge >= 0.3 is 0 Å². The highest BCUT2D eigenvalue weighted by atomic mass is 16.5. The number of carbonyl (C=O) groups excluding carboxylic acids is 2. The third-order valence-corrected chi connectivity index (χ3v) is 4.60. The number of Topliss-reactive ketones (excluding diaryl/α,β-unsaturated/α-hetero) is 1. The minimum Gasteiger partial charge on any atom is -0.503 e. The molecule has 1 amide bonds. The summed E-state index contributed by atoms with van der Waals surface area (Å²) in [4.78, 5) is 27.2. The van der Waals surface area contributed by atoms with Crippen molar-refractivity contribution in [2.75, 3.05) is 4.90 Å². The standard InChI is InChI=1S/C23H25NO4/c1-14(2)21(25)19-20(16-10-12-18(13-11-16)28-15(3)4)24(23(27)22(19)26)17-8-6-5-7-9-17/h5-15,20,26H,1-4H3. The fourth-order valence-corrected chi connectivity index (χ4v) is 3.34. The van der Waals surface area contributed by atoms with Crippen LogP contribution in [0.3, 0.4) is 0 Å². The van der Waals surface area contributed by atoms with Gasteiger partial charge in [-0.3, -0.25) is 14.5 Å². The van der Waals surface area contributed by atoms with E-state index in [4.69, 9.17) is 4.74 Å². The fraction of sp³-hybridized carbons (Fsp3) is 0.304. The van der Waals surface area contributed by atoms with Crippen molar-refractivity contribution in [2.45, 2.75) is 39.8 Å². The van der Waals surface area contributed by atoms with E-state index in [9.17, 15) is 14.7 Å². The number of anilines is 1. The van der Waals surface area contributed by atoms with E-state index in [2.05, 4.69) is 0 Å². The lowest BCUT2D eigenvalue weighted by Crippen LogP contribution is -2.31. The summed E-state index contributed by atoms with van der Waals surface area (Å²) in [5, 5.41) is 10.6. The number of amides is 1. The Kier molecular flexibility index (Phi) is 5.54. The van der Waals surface area contributed by atoms with Gasteiger partial charge in [-0.15, -0.1) is 0 Å². The molecule has 28 heavy (non-hydrogen) atoms. The zero-order valence-electron chi connectivity index (χ0n) is 16.5. The summed E-state index contributed by atoms with van der Waals surface area (Å²) in [6, 6.07) is 15.7. The van der Waals surface area contributed by atoms with E-state index in [1.165, 1.54) is 4.90 Å². The van der Waals surface area contributed by atoms with Crippen LogP contribution in [0.2, 0.25) is 0 Å². The number of para-hydroxylation sites is 1. The number of hydrogen-bond donors (Lipinski definition) is 1. The average Bonchev–Trinajstić information content (AvgIpc) is 2.93. The minimum absolute atomic E-state index is 0.0433. The molecule has 1 N–H and O–H groups in total. The zero-order chi connectivity index (χ0) is 20.4. The molecule has 2 aromatic rings. The smallest absolute Gasteiger partial charge is 0.294 e. The van der Waals surface area contributed by atoms with Crippen LogP contribution in [-0.2, 0) is 9.59 Å². The van der Waals surface area contributed by atoms with Gasteiger partial charge in [-0.25, -0.2) is 0 Å². The number of carbonyl (C=O) groups is 2. The quantitative estimate of drug-likeness (QED) is 0.797. The molecule has 1 unspecified atom stereocenters. The van der Waals surface area contributed by atoms with Gasteiger partial charge in [0.1, 0.15) is 5.75 Å². The molecule has 1 atom stereocenters. The molecular weight excluding hydrogens is 354 g/mol. The Balaban J connectivity index is 2.10. The number of ketones is 1. The predicted molar refractivity (Wildman–Crippen MR) is 108 cm³/mol. The van der Waals surface area contributed by atoms with E-state index < -0.39 is 17.7 Å². The Labute approximate surface area is 165 Å². The van der Waals surface area contributed by atoms with Gasteiger partial charge in [-0.05, 0) is 43.7 Å². The molecule has 146 valence electrons. The Morgan fingerprint density at radius 3 is 2.14 bits per heavy atom. The Morgan fingerprint density at radius 2 is 1.61 bits per heavy atom. The molecule has 0 fully saturated rings. The Hall–Kier alpha value is -3.08. The summed E-state index contributed by atoms with van der Waals surface area (Å²) in [6.07, 6.45) is 0.0433. The van der Waals surface area contributed by atoms with Crippen LogP contribution >= 0.6 is 0 Å². The van der Waals surface area contributed by atoms with Gasteiger partial charge in [-0.1, -0.05) is 44.2 Å². The van der Waals surface area contributed by atoms with Crippen LogP contribution in [0.1, 0.15) is 39.3 Å². The second kappa shape index (κ2) is 7.89. The summed E-state index contributed by atoms with van der Waals surface area (Å²) < 4.78 is 5.69. The van der Waals surface area contributed by atoms with Crippen molar-refractivity contribution >= 4 is 17.4 Å². The number of aliphatic hydroxyl groups is 1. The number of rotatable bonds is 6. The maximum atomic E-state index is 12.9. The lowest BCUT2D eigenvalue weighted by Gasteiger charge is -2.27. The molecule has 0 spiro atoms. The molecule has 1 aliphatic heterocycles. The van der Waals surface area contributed by atoms with E-state index in [-0.39, 0.29) is 23.4 Å². The maximum absolute atomic E-state index is 12.9. The fourth-order valence-electron chi connectivity index (χ4n) is 3.34. The molecule has 1 aliphatic rings. The highest BCUT2D eigenvalue weighted by molar-refractivity contribution is 6.16. The van der Waals surface area contributed by atoms with Crippen molar-refractivity contribution in [1.29, 1.82) is 0 Å². The number of hydrogen-bond acceptors (Lipinski definition) is 4. The summed E-state index contributed by atoms with van der Waals surface area (Å²) >= 11 is 0. The van der Waals surface area contributed by atoms with E-state index in [0.29, 0.717) is 11.4 Å². The Morgan fingerprint density at radius 1 is 1.00 bits per heavy atom. The predicted octanol–water partition coefficient (Wildman–Crippen LogP) is 4.60. The third-order valence-electron chi connectivity index (χ3n) is 4.60. The average molecular weight is 379 g/mol. The van der Waals surface area contributed by atoms with Crippen LogP contribution < -0.4 is 9.64 Å². The zero-order valence-corrected chi connectivity index (χ0v) is 16.5. The molecule has 3 rings (SSSR count). The van der Waals surface area contributed by atoms with Crippen LogP contribution in [0.4, 0.5) is 5.69 Å². The summed E-state index contributed by atoms with van der Waals surface area (Å²) in [6.45, 7) is 7.41. The highest BCUT2D eigenvalue weighted by Crippen LogP contribution is 2.42. The van der Waals surface area contributed by atoms with Crippen molar-refractivity contribution in [3.8, 4) is 5.75 Å². The summed E-state index contributed by atoms with van der Waals surface area (Å²) in [5.74, 6) is -0.916. The van der Waals surface area contributed by atoms with Gasteiger partial charge in [0, 0.05) is 11.6 Å². The maximum Gasteiger partial charge on any atom is 0.294 e. The first-order valence-electron chi connectivity index (χ1n) is 9.43. The number of benzene rings is 2. The molecule has 0 bridgehead atoms. The minimum atomic E-state index is -0.683. The van der Waals surface area contributed by atoms with E-state index in [0.717, 1.165) is 5.56 Å². The second-order valence-corrected chi connectivity index (χ2v) is 7.43. The largest absolute Gasteiger partial charge is 0.503 e. The monoisotopic (exact) mass is 379 g/mol. The van der Waals surface area contributed by atoms with Crippen LogP contribution in [0.5, 0.6) is 5.75 Å². The number of nitrogens with zero attached hydrogens (tertiary/aromatic N) is 1. The van der Waals surface area contributed by atoms with Crippen LogP contribution in [-0.4, -0.2) is 22.9 Å². The van der Waals surface area contributed by atoms with Crippen molar-refractivity contribution in [2.24, 2.45) is 5.92 Å². The lowest BCUT2D eigenvalue weighted by atomic mass is 9.91. The van der Waals surface area contributed by atoms with Crippen LogP contribution in [0, 0.1) is 5.92 Å². The first kappa shape index (κ1) is 19.7. The Bertz CT molecular complexity index is 898. The molecule has 2 aromatic carbocycles. The van der Waals surface area contributed by atoms with Gasteiger partial charge in [0.2, 0.25) is 0 Å². The first-order valence-corrected chi connectivity index (χ1v) is 9.43. The van der Waals surface area contributed by atoms with Crippen LogP contribution in [0.15, 0.2) is 65.9 Å². The van der Waals surface area contributed by atoms with Crippen LogP contribution in [0.25, 0.3) is 0 Å². The number of ether oxygens (including phenoxy) is 1. The van der Waals surface area contributed by atoms with Gasteiger partial charge in [0.25, 0.3) is 5.91 Å². The molecule has 0 aliphatic carbocycles. The van der Waals surface area contributed by atoms with Gasteiger partial charge in [0.05, 0.1) is 17.7 Å².